The number of hydrogen-bond acceptors (Lipinski definition) is 2. The molecule has 0 spiro atoms. The first-order valence-corrected chi connectivity index (χ1v) is 4.98. The van der Waals surface area contributed by atoms with Crippen LogP contribution in [0.4, 0.5) is 0 Å². The second-order valence-corrected chi connectivity index (χ2v) is 3.77. The Morgan fingerprint density at radius 3 is 2.33 bits per heavy atom. The lowest BCUT2D eigenvalue weighted by Crippen LogP contribution is -2.27. The van der Waals surface area contributed by atoms with E-state index in [1.165, 1.54) is 0 Å². The van der Waals surface area contributed by atoms with E-state index < -0.39 is 0 Å². The molecule has 0 aliphatic carbocycles. The van der Waals surface area contributed by atoms with Gasteiger partial charge in [-0.05, 0) is 13.0 Å². The minimum absolute atomic E-state index is 1.02. The molecule has 15 heavy (non-hydrogen) atoms. The van der Waals surface area contributed by atoms with Gasteiger partial charge in [-0.1, -0.05) is 30.3 Å². The third kappa shape index (κ3) is 1.86. The van der Waals surface area contributed by atoms with Crippen molar-refractivity contribution in [1.29, 1.82) is 0 Å². The van der Waals surface area contributed by atoms with Crippen LogP contribution in [0.5, 0.6) is 0 Å². The average molecular weight is 201 g/mol. The summed E-state index contributed by atoms with van der Waals surface area (Å²) < 4.78 is 0. The van der Waals surface area contributed by atoms with E-state index in [0.717, 1.165) is 17.0 Å². The monoisotopic (exact) mass is 201 g/mol. The number of rotatable bonds is 2. The fourth-order valence-corrected chi connectivity index (χ4v) is 1.62. The van der Waals surface area contributed by atoms with Gasteiger partial charge in [0.1, 0.15) is 0 Å². The van der Waals surface area contributed by atoms with Crippen LogP contribution >= 0.6 is 0 Å². The summed E-state index contributed by atoms with van der Waals surface area (Å²) in [6.07, 6.45) is 0. The number of hydrogen-bond donors (Lipinski definition) is 0. The molecular formula is C12H15N3. The molecule has 2 rings (SSSR count). The van der Waals surface area contributed by atoms with E-state index in [2.05, 4.69) is 30.2 Å². The van der Waals surface area contributed by atoms with E-state index in [0.29, 0.717) is 0 Å². The number of aryl methyl sites for hydroxylation is 1. The molecule has 3 heteroatoms. The van der Waals surface area contributed by atoms with E-state index in [9.17, 15) is 0 Å². The highest BCUT2D eigenvalue weighted by molar-refractivity contribution is 5.59. The molecule has 3 nitrogen and oxygen atoms in total. The summed E-state index contributed by atoms with van der Waals surface area (Å²) >= 11 is 0. The molecule has 0 aliphatic heterocycles. The molecule has 0 amide bonds. The van der Waals surface area contributed by atoms with E-state index in [1.54, 1.807) is 0 Å². The van der Waals surface area contributed by atoms with Crippen LogP contribution in [-0.4, -0.2) is 24.0 Å². The topological polar surface area (TPSA) is 21.1 Å². The van der Waals surface area contributed by atoms with Gasteiger partial charge in [0.15, 0.2) is 0 Å². The second kappa shape index (κ2) is 3.77. The molecule has 0 saturated carbocycles. The molecule has 1 aromatic carbocycles. The molecule has 0 aliphatic rings. The lowest BCUT2D eigenvalue weighted by atomic mass is 10.1. The summed E-state index contributed by atoms with van der Waals surface area (Å²) in [5, 5.41) is 6.48. The summed E-state index contributed by atoms with van der Waals surface area (Å²) in [5.74, 6) is 0. The maximum atomic E-state index is 4.52. The first-order chi connectivity index (χ1) is 7.18. The van der Waals surface area contributed by atoms with Gasteiger partial charge in [0.25, 0.3) is 0 Å². The van der Waals surface area contributed by atoms with Crippen molar-refractivity contribution in [3.8, 4) is 11.3 Å². The van der Waals surface area contributed by atoms with Crippen molar-refractivity contribution >= 4 is 0 Å². The lowest BCUT2D eigenvalue weighted by molar-refractivity contribution is 0.622. The van der Waals surface area contributed by atoms with Crippen LogP contribution in [0.1, 0.15) is 5.69 Å². The predicted molar refractivity (Wildman–Crippen MR) is 62.5 cm³/mol. The zero-order valence-corrected chi connectivity index (χ0v) is 9.31. The van der Waals surface area contributed by atoms with Gasteiger partial charge in [-0.15, -0.1) is 0 Å². The molecule has 78 valence electrons. The Labute approximate surface area is 89.9 Å². The van der Waals surface area contributed by atoms with Gasteiger partial charge in [0.05, 0.1) is 11.4 Å². The maximum Gasteiger partial charge on any atom is 0.0947 e. The largest absolute Gasteiger partial charge is 0.303 e. The molecule has 0 radical (unpaired) electrons. The van der Waals surface area contributed by atoms with Gasteiger partial charge < -0.3 is 5.01 Å². The number of nitrogens with zero attached hydrogens (tertiary/aromatic N) is 3. The molecule has 0 atom stereocenters. The summed E-state index contributed by atoms with van der Waals surface area (Å²) in [7, 11) is 3.96. The summed E-state index contributed by atoms with van der Waals surface area (Å²) in [6, 6.07) is 12.3. The SMILES string of the molecule is Cc1cc(-c2ccccc2)nn1N(C)C. The summed E-state index contributed by atoms with van der Waals surface area (Å²) in [5.41, 5.74) is 3.31. The van der Waals surface area contributed by atoms with Crippen LogP contribution in [0.25, 0.3) is 11.3 Å². The lowest BCUT2D eigenvalue weighted by Gasteiger charge is -2.13. The van der Waals surface area contributed by atoms with Gasteiger partial charge in [0.2, 0.25) is 0 Å². The Hall–Kier alpha value is -1.77. The molecule has 1 aromatic heterocycles. The molecule has 0 bridgehead atoms. The molecule has 0 fully saturated rings. The fraction of sp³-hybridized carbons (Fsp3) is 0.250. The van der Waals surface area contributed by atoms with E-state index in [-0.39, 0.29) is 0 Å². The molecule has 0 saturated heterocycles. The standard InChI is InChI=1S/C12H15N3/c1-10-9-12(13-15(10)14(2)3)11-7-5-4-6-8-11/h4-9H,1-3H3. The zero-order valence-electron chi connectivity index (χ0n) is 9.31. The van der Waals surface area contributed by atoms with Crippen molar-refractivity contribution in [2.24, 2.45) is 0 Å². The van der Waals surface area contributed by atoms with Gasteiger partial charge in [0, 0.05) is 19.7 Å². The number of aromatic nitrogens is 2. The van der Waals surface area contributed by atoms with Gasteiger partial charge in [-0.25, -0.2) is 0 Å². The summed E-state index contributed by atoms with van der Waals surface area (Å²) in [4.78, 5) is 1.89. The Balaban J connectivity index is 2.43. The molecule has 2 aromatic rings. The Morgan fingerprint density at radius 1 is 1.13 bits per heavy atom. The first-order valence-electron chi connectivity index (χ1n) is 4.98. The van der Waals surface area contributed by atoms with Crippen LogP contribution in [-0.2, 0) is 0 Å². The van der Waals surface area contributed by atoms with Crippen molar-refractivity contribution < 1.29 is 0 Å². The Bertz CT molecular complexity index is 443. The van der Waals surface area contributed by atoms with E-state index in [4.69, 9.17) is 0 Å². The zero-order chi connectivity index (χ0) is 10.8. The van der Waals surface area contributed by atoms with Crippen LogP contribution in [0.3, 0.4) is 0 Å². The highest BCUT2D eigenvalue weighted by atomic mass is 15.6. The minimum atomic E-state index is 1.02. The van der Waals surface area contributed by atoms with Crippen molar-refractivity contribution in [2.75, 3.05) is 19.1 Å². The van der Waals surface area contributed by atoms with Crippen molar-refractivity contribution in [3.05, 3.63) is 42.1 Å². The van der Waals surface area contributed by atoms with Crippen molar-refractivity contribution in [2.45, 2.75) is 6.92 Å². The quantitative estimate of drug-likeness (QED) is 0.741. The van der Waals surface area contributed by atoms with Gasteiger partial charge in [-0.3, -0.25) is 0 Å². The molecule has 0 unspecified atom stereocenters. The van der Waals surface area contributed by atoms with Crippen LogP contribution in [0, 0.1) is 6.92 Å². The van der Waals surface area contributed by atoms with E-state index in [1.807, 2.05) is 42.1 Å². The van der Waals surface area contributed by atoms with Crippen molar-refractivity contribution in [3.63, 3.8) is 0 Å². The first kappa shape index (κ1) is 9.77. The van der Waals surface area contributed by atoms with E-state index >= 15 is 0 Å². The molecule has 0 N–H and O–H groups in total. The average Bonchev–Trinajstić information content (AvgIpc) is 2.62. The smallest absolute Gasteiger partial charge is 0.0947 e. The Morgan fingerprint density at radius 2 is 1.80 bits per heavy atom. The molecular weight excluding hydrogens is 186 g/mol. The second-order valence-electron chi connectivity index (χ2n) is 3.77. The van der Waals surface area contributed by atoms with Crippen LogP contribution < -0.4 is 5.01 Å². The maximum absolute atomic E-state index is 4.52. The van der Waals surface area contributed by atoms with Crippen LogP contribution in [0.15, 0.2) is 36.4 Å². The predicted octanol–water partition coefficient (Wildman–Crippen LogP) is 2.06. The normalized spacial score (nSPS) is 10.3. The minimum Gasteiger partial charge on any atom is -0.303 e. The summed E-state index contributed by atoms with van der Waals surface area (Å²) in [6.45, 7) is 2.06. The third-order valence-corrected chi connectivity index (χ3v) is 2.31. The highest BCUT2D eigenvalue weighted by Gasteiger charge is 2.06. The number of benzene rings is 1. The Kier molecular flexibility index (Phi) is 2.46. The molecule has 1 heterocycles. The fourth-order valence-electron chi connectivity index (χ4n) is 1.62. The highest BCUT2D eigenvalue weighted by Crippen LogP contribution is 2.17. The third-order valence-electron chi connectivity index (χ3n) is 2.31. The van der Waals surface area contributed by atoms with Crippen molar-refractivity contribution in [1.82, 2.24) is 9.89 Å². The van der Waals surface area contributed by atoms with Gasteiger partial charge in [-0.2, -0.15) is 9.89 Å². The van der Waals surface area contributed by atoms with Gasteiger partial charge >= 0.3 is 0 Å². The van der Waals surface area contributed by atoms with Crippen LogP contribution in [0.2, 0.25) is 0 Å².